The van der Waals surface area contributed by atoms with Gasteiger partial charge in [-0.05, 0) is 66.0 Å². The highest BCUT2D eigenvalue weighted by Crippen LogP contribution is 2.24. The molecule has 1 heterocycles. The van der Waals surface area contributed by atoms with E-state index in [0.29, 0.717) is 10.5 Å². The lowest BCUT2D eigenvalue weighted by molar-refractivity contribution is 0.173. The summed E-state index contributed by atoms with van der Waals surface area (Å²) in [5.41, 5.74) is 1.05. The van der Waals surface area contributed by atoms with Crippen LogP contribution >= 0.6 is 15.9 Å². The van der Waals surface area contributed by atoms with Crippen LogP contribution in [-0.4, -0.2) is 30.6 Å². The van der Waals surface area contributed by atoms with Crippen LogP contribution < -0.4 is 5.32 Å². The van der Waals surface area contributed by atoms with Crippen molar-refractivity contribution in [1.82, 2.24) is 10.2 Å². The minimum Gasteiger partial charge on any atom is -0.314 e. The number of piperidine rings is 1. The van der Waals surface area contributed by atoms with Gasteiger partial charge in [-0.15, -0.1) is 0 Å². The Bertz CT molecular complexity index is 428. The van der Waals surface area contributed by atoms with E-state index in [2.05, 4.69) is 40.0 Å². The highest BCUT2D eigenvalue weighted by Gasteiger charge is 2.20. The van der Waals surface area contributed by atoms with Gasteiger partial charge in [0.15, 0.2) is 0 Å². The maximum atomic E-state index is 13.5. The summed E-state index contributed by atoms with van der Waals surface area (Å²) in [4.78, 5) is 2.42. The number of benzene rings is 1. The summed E-state index contributed by atoms with van der Waals surface area (Å²) in [5.74, 6) is 0.614. The molecular weight excluding hydrogens is 319 g/mol. The third-order valence-corrected chi connectivity index (χ3v) is 4.84. The number of nitrogens with zero attached hydrogens (tertiary/aromatic N) is 1. The molecule has 0 aliphatic carbocycles. The van der Waals surface area contributed by atoms with E-state index in [1.165, 1.54) is 18.9 Å². The highest BCUT2D eigenvalue weighted by molar-refractivity contribution is 9.10. The first-order valence-corrected chi connectivity index (χ1v) is 8.24. The van der Waals surface area contributed by atoms with Crippen LogP contribution in [0.15, 0.2) is 22.7 Å². The Morgan fingerprint density at radius 1 is 1.35 bits per heavy atom. The van der Waals surface area contributed by atoms with E-state index in [1.807, 2.05) is 6.07 Å². The molecule has 1 aliphatic rings. The Morgan fingerprint density at radius 3 is 2.70 bits per heavy atom. The van der Waals surface area contributed by atoms with Crippen molar-refractivity contribution in [3.8, 4) is 0 Å². The second-order valence-electron chi connectivity index (χ2n) is 6.00. The monoisotopic (exact) mass is 342 g/mol. The van der Waals surface area contributed by atoms with E-state index >= 15 is 0 Å². The van der Waals surface area contributed by atoms with Crippen LogP contribution in [0.25, 0.3) is 0 Å². The smallest absolute Gasteiger partial charge is 0.137 e. The van der Waals surface area contributed by atoms with E-state index in [-0.39, 0.29) is 5.82 Å². The first-order chi connectivity index (χ1) is 9.56. The molecule has 0 unspecified atom stereocenters. The Morgan fingerprint density at radius 2 is 2.05 bits per heavy atom. The molecule has 1 fully saturated rings. The predicted molar refractivity (Wildman–Crippen MR) is 85.2 cm³/mol. The van der Waals surface area contributed by atoms with Crippen LogP contribution in [-0.2, 0) is 6.54 Å². The van der Waals surface area contributed by atoms with E-state index in [9.17, 15) is 4.39 Å². The van der Waals surface area contributed by atoms with Gasteiger partial charge in [0.1, 0.15) is 5.82 Å². The zero-order valence-electron chi connectivity index (χ0n) is 12.3. The van der Waals surface area contributed by atoms with Gasteiger partial charge in [0.25, 0.3) is 0 Å². The summed E-state index contributed by atoms with van der Waals surface area (Å²) < 4.78 is 14.1. The largest absolute Gasteiger partial charge is 0.314 e. The molecule has 0 amide bonds. The zero-order valence-corrected chi connectivity index (χ0v) is 13.9. The van der Waals surface area contributed by atoms with E-state index in [0.717, 1.165) is 37.7 Å². The lowest BCUT2D eigenvalue weighted by Crippen LogP contribution is -2.38. The van der Waals surface area contributed by atoms with E-state index in [1.54, 1.807) is 6.07 Å². The quantitative estimate of drug-likeness (QED) is 0.875. The number of hydrogen-bond donors (Lipinski definition) is 1. The maximum absolute atomic E-state index is 13.5. The molecule has 20 heavy (non-hydrogen) atoms. The summed E-state index contributed by atoms with van der Waals surface area (Å²) in [5, 5.41) is 3.52. The lowest BCUT2D eigenvalue weighted by Gasteiger charge is -2.32. The number of hydrogen-bond acceptors (Lipinski definition) is 2. The minimum absolute atomic E-state index is 0.168. The molecule has 1 N–H and O–H groups in total. The van der Waals surface area contributed by atoms with Gasteiger partial charge in [-0.2, -0.15) is 0 Å². The van der Waals surface area contributed by atoms with Gasteiger partial charge in [-0.25, -0.2) is 4.39 Å². The molecule has 0 aromatic heterocycles. The average molecular weight is 343 g/mol. The molecule has 1 aromatic rings. The van der Waals surface area contributed by atoms with Crippen molar-refractivity contribution in [1.29, 1.82) is 0 Å². The van der Waals surface area contributed by atoms with Crippen LogP contribution in [0.5, 0.6) is 0 Å². The van der Waals surface area contributed by atoms with Crippen molar-refractivity contribution in [2.24, 2.45) is 5.92 Å². The first-order valence-electron chi connectivity index (χ1n) is 7.45. The molecule has 1 aromatic carbocycles. The zero-order chi connectivity index (χ0) is 14.5. The van der Waals surface area contributed by atoms with Crippen molar-refractivity contribution in [3.63, 3.8) is 0 Å². The van der Waals surface area contributed by atoms with Crippen molar-refractivity contribution >= 4 is 15.9 Å². The molecule has 4 heteroatoms. The Labute approximate surface area is 129 Å². The minimum atomic E-state index is -0.168. The van der Waals surface area contributed by atoms with Gasteiger partial charge in [0, 0.05) is 12.6 Å². The molecule has 112 valence electrons. The topological polar surface area (TPSA) is 15.3 Å². The maximum Gasteiger partial charge on any atom is 0.137 e. The fraction of sp³-hybridized carbons (Fsp3) is 0.625. The molecule has 1 saturated heterocycles. The molecule has 2 nitrogen and oxygen atoms in total. The van der Waals surface area contributed by atoms with Crippen molar-refractivity contribution < 1.29 is 4.39 Å². The lowest BCUT2D eigenvalue weighted by atomic mass is 9.96. The van der Waals surface area contributed by atoms with Crippen molar-refractivity contribution in [3.05, 3.63) is 34.1 Å². The van der Waals surface area contributed by atoms with Crippen LogP contribution in [0, 0.1) is 11.7 Å². The molecule has 0 spiro atoms. The number of nitrogens with one attached hydrogen (secondary N) is 1. The molecule has 1 aliphatic heterocycles. The fourth-order valence-corrected chi connectivity index (χ4v) is 3.05. The van der Waals surface area contributed by atoms with Gasteiger partial charge in [-0.1, -0.05) is 26.0 Å². The predicted octanol–water partition coefficient (Wildman–Crippen LogP) is 3.80. The van der Waals surface area contributed by atoms with Crippen LogP contribution in [0.3, 0.4) is 0 Å². The van der Waals surface area contributed by atoms with Gasteiger partial charge in [0.2, 0.25) is 0 Å². The second kappa shape index (κ2) is 7.53. The summed E-state index contributed by atoms with van der Waals surface area (Å²) in [6, 6.07) is 5.85. The third kappa shape index (κ3) is 4.54. The number of likely N-dealkylation sites (tertiary alicyclic amines) is 1. The van der Waals surface area contributed by atoms with Crippen LogP contribution in [0.4, 0.5) is 4.39 Å². The van der Waals surface area contributed by atoms with Crippen molar-refractivity contribution in [2.45, 2.75) is 39.3 Å². The van der Waals surface area contributed by atoms with Gasteiger partial charge in [0.05, 0.1) is 4.47 Å². The molecule has 0 bridgehead atoms. The fourth-order valence-electron chi connectivity index (χ4n) is 2.66. The third-order valence-electron chi connectivity index (χ3n) is 3.95. The molecule has 0 atom stereocenters. The Balaban J connectivity index is 1.81. The Hall–Kier alpha value is -0.450. The van der Waals surface area contributed by atoms with Gasteiger partial charge >= 0.3 is 0 Å². The first kappa shape index (κ1) is 15.9. The molecular formula is C16H24BrFN2. The average Bonchev–Trinajstić information content (AvgIpc) is 2.43. The number of halogens is 2. The summed E-state index contributed by atoms with van der Waals surface area (Å²) in [6.45, 7) is 8.55. The molecule has 2 rings (SSSR count). The summed E-state index contributed by atoms with van der Waals surface area (Å²) >= 11 is 3.35. The van der Waals surface area contributed by atoms with Gasteiger partial charge < -0.3 is 5.32 Å². The van der Waals surface area contributed by atoms with Crippen molar-refractivity contribution in [2.75, 3.05) is 19.6 Å². The summed E-state index contributed by atoms with van der Waals surface area (Å²) in [7, 11) is 0. The number of rotatable bonds is 5. The molecule has 0 saturated carbocycles. The highest BCUT2D eigenvalue weighted by atomic mass is 79.9. The van der Waals surface area contributed by atoms with Crippen LogP contribution in [0.1, 0.15) is 32.3 Å². The normalized spacial score (nSPS) is 17.9. The van der Waals surface area contributed by atoms with E-state index in [4.69, 9.17) is 0 Å². The second-order valence-corrected chi connectivity index (χ2v) is 6.79. The standard InChI is InChI=1S/C16H24BrFN2/c1-12(2)19-10-13-6-8-20(9-7-13)11-14-4-3-5-15(18)16(14)17/h3-5,12-13,19H,6-11H2,1-2H3. The summed E-state index contributed by atoms with van der Waals surface area (Å²) in [6.07, 6.45) is 2.46. The van der Waals surface area contributed by atoms with E-state index < -0.39 is 0 Å². The SMILES string of the molecule is CC(C)NCC1CCN(Cc2cccc(F)c2Br)CC1. The van der Waals surface area contributed by atoms with Gasteiger partial charge in [-0.3, -0.25) is 4.90 Å². The molecule has 0 radical (unpaired) electrons. The Kier molecular flexibility index (Phi) is 6.00. The van der Waals surface area contributed by atoms with Crippen LogP contribution in [0.2, 0.25) is 0 Å².